The van der Waals surface area contributed by atoms with Gasteiger partial charge >= 0.3 is 0 Å². The Bertz CT molecular complexity index is 643. The van der Waals surface area contributed by atoms with E-state index >= 15 is 0 Å². The largest absolute Gasteiger partial charge is 0.351 e. The Morgan fingerprint density at radius 1 is 1.45 bits per heavy atom. The highest BCUT2D eigenvalue weighted by atomic mass is 35.7. The predicted octanol–water partition coefficient (Wildman–Crippen LogP) is 1.42. The van der Waals surface area contributed by atoms with Crippen LogP contribution in [0.5, 0.6) is 0 Å². The van der Waals surface area contributed by atoms with E-state index in [2.05, 4.69) is 5.32 Å². The molecule has 0 saturated carbocycles. The number of benzene rings is 1. The van der Waals surface area contributed by atoms with Crippen molar-refractivity contribution in [1.29, 1.82) is 0 Å². The van der Waals surface area contributed by atoms with Gasteiger partial charge in [0, 0.05) is 45.1 Å². The summed E-state index contributed by atoms with van der Waals surface area (Å²) in [7, 11) is 0.382. The van der Waals surface area contributed by atoms with E-state index in [1.165, 1.54) is 18.2 Å². The first kappa shape index (κ1) is 17.1. The summed E-state index contributed by atoms with van der Waals surface area (Å²) < 4.78 is 33.9. The first-order chi connectivity index (χ1) is 9.12. The third-order valence-electron chi connectivity index (χ3n) is 2.83. The first-order valence-corrected chi connectivity index (χ1v) is 9.71. The van der Waals surface area contributed by atoms with Crippen molar-refractivity contribution in [2.24, 2.45) is 0 Å². The van der Waals surface area contributed by atoms with Crippen LogP contribution >= 0.6 is 10.7 Å². The second kappa shape index (κ2) is 6.69. The second-order valence-corrected chi connectivity index (χ2v) is 8.77. The number of halogens is 1. The first-order valence-electron chi connectivity index (χ1n) is 5.78. The molecule has 0 aliphatic carbocycles. The lowest BCUT2D eigenvalue weighted by atomic mass is 10.1. The number of aryl methyl sites for hydroxylation is 1. The van der Waals surface area contributed by atoms with E-state index in [-0.39, 0.29) is 22.3 Å². The number of carbonyl (C=O) groups is 1. The van der Waals surface area contributed by atoms with Gasteiger partial charge in [-0.25, -0.2) is 8.42 Å². The van der Waals surface area contributed by atoms with Crippen molar-refractivity contribution in [3.63, 3.8) is 0 Å². The van der Waals surface area contributed by atoms with Crippen molar-refractivity contribution in [2.45, 2.75) is 24.0 Å². The minimum absolute atomic E-state index is 0.0843. The van der Waals surface area contributed by atoms with Crippen molar-refractivity contribution in [2.75, 3.05) is 12.8 Å². The van der Waals surface area contributed by atoms with Crippen molar-refractivity contribution in [1.82, 2.24) is 5.32 Å². The van der Waals surface area contributed by atoms with Gasteiger partial charge in [-0.1, -0.05) is 6.07 Å². The number of hydrogen-bond donors (Lipinski definition) is 1. The molecule has 0 saturated heterocycles. The van der Waals surface area contributed by atoms with Crippen LogP contribution in [-0.4, -0.2) is 36.6 Å². The standard InChI is InChI=1S/C12H16ClNO4S2/c1-8-4-5-10(6-11(8)20(13,17)18)12(15)14-7-9(2)19(3)16/h4-6,9H,7H2,1-3H3,(H,14,15). The maximum Gasteiger partial charge on any atom is 0.261 e. The average molecular weight is 338 g/mol. The van der Waals surface area contributed by atoms with E-state index in [4.69, 9.17) is 10.7 Å². The van der Waals surface area contributed by atoms with Crippen molar-refractivity contribution in [3.8, 4) is 0 Å². The van der Waals surface area contributed by atoms with E-state index < -0.39 is 25.8 Å². The third-order valence-corrected chi connectivity index (χ3v) is 5.59. The summed E-state index contributed by atoms with van der Waals surface area (Å²) in [5.74, 6) is -0.427. The fourth-order valence-electron chi connectivity index (χ4n) is 1.46. The molecule has 0 fully saturated rings. The molecule has 0 radical (unpaired) electrons. The van der Waals surface area contributed by atoms with E-state index in [1.807, 2.05) is 0 Å². The van der Waals surface area contributed by atoms with Gasteiger partial charge in [-0.3, -0.25) is 9.00 Å². The molecule has 0 heterocycles. The van der Waals surface area contributed by atoms with Crippen LogP contribution in [0, 0.1) is 6.92 Å². The van der Waals surface area contributed by atoms with Gasteiger partial charge in [-0.15, -0.1) is 0 Å². The summed E-state index contributed by atoms with van der Waals surface area (Å²) in [5.41, 5.74) is 0.670. The Kier molecular flexibility index (Phi) is 5.73. The van der Waals surface area contributed by atoms with Gasteiger partial charge < -0.3 is 5.32 Å². The zero-order chi connectivity index (χ0) is 15.5. The van der Waals surface area contributed by atoms with E-state index in [0.717, 1.165) is 0 Å². The van der Waals surface area contributed by atoms with Crippen LogP contribution in [0.2, 0.25) is 0 Å². The Labute approximate surface area is 125 Å². The average Bonchev–Trinajstić information content (AvgIpc) is 2.34. The third kappa shape index (κ3) is 4.57. The molecule has 0 bridgehead atoms. The number of hydrogen-bond acceptors (Lipinski definition) is 4. The lowest BCUT2D eigenvalue weighted by Crippen LogP contribution is -2.32. The molecule has 2 unspecified atom stereocenters. The molecule has 1 amide bonds. The van der Waals surface area contributed by atoms with Gasteiger partial charge in [-0.05, 0) is 31.5 Å². The van der Waals surface area contributed by atoms with Gasteiger partial charge in [0.25, 0.3) is 15.0 Å². The van der Waals surface area contributed by atoms with Gasteiger partial charge in [0.2, 0.25) is 0 Å². The van der Waals surface area contributed by atoms with E-state index in [0.29, 0.717) is 5.56 Å². The molecule has 0 aliphatic rings. The lowest BCUT2D eigenvalue weighted by molar-refractivity contribution is 0.0954. The summed E-state index contributed by atoms with van der Waals surface area (Å²) >= 11 is 0. The van der Waals surface area contributed by atoms with E-state index in [9.17, 15) is 17.4 Å². The number of carbonyl (C=O) groups excluding carboxylic acids is 1. The monoisotopic (exact) mass is 337 g/mol. The van der Waals surface area contributed by atoms with Crippen LogP contribution in [0.4, 0.5) is 0 Å². The molecule has 0 spiro atoms. The highest BCUT2D eigenvalue weighted by molar-refractivity contribution is 8.13. The van der Waals surface area contributed by atoms with Crippen LogP contribution in [-0.2, 0) is 19.9 Å². The van der Waals surface area contributed by atoms with Crippen molar-refractivity contribution < 1.29 is 17.4 Å². The molecule has 0 aromatic heterocycles. The van der Waals surface area contributed by atoms with Gasteiger partial charge in [0.1, 0.15) is 0 Å². The number of nitrogens with one attached hydrogen (secondary N) is 1. The normalized spacial score (nSPS) is 14.6. The highest BCUT2D eigenvalue weighted by Crippen LogP contribution is 2.20. The van der Waals surface area contributed by atoms with Crippen molar-refractivity contribution >= 4 is 36.4 Å². The SMILES string of the molecule is Cc1ccc(C(=O)NCC(C)S(C)=O)cc1S(=O)(=O)Cl. The smallest absolute Gasteiger partial charge is 0.261 e. The molecular weight excluding hydrogens is 322 g/mol. The number of rotatable bonds is 5. The van der Waals surface area contributed by atoms with Crippen LogP contribution in [0.3, 0.4) is 0 Å². The molecule has 1 rings (SSSR count). The molecule has 1 aromatic rings. The van der Waals surface area contributed by atoms with Crippen LogP contribution in [0.25, 0.3) is 0 Å². The quantitative estimate of drug-likeness (QED) is 0.824. The molecule has 112 valence electrons. The highest BCUT2D eigenvalue weighted by Gasteiger charge is 2.17. The van der Waals surface area contributed by atoms with E-state index in [1.54, 1.807) is 20.1 Å². The Morgan fingerprint density at radius 2 is 2.05 bits per heavy atom. The summed E-state index contributed by atoms with van der Waals surface area (Å²) in [4.78, 5) is 11.8. The lowest BCUT2D eigenvalue weighted by Gasteiger charge is -2.11. The van der Waals surface area contributed by atoms with Gasteiger partial charge in [0.15, 0.2) is 0 Å². The Morgan fingerprint density at radius 3 is 2.55 bits per heavy atom. The topological polar surface area (TPSA) is 80.3 Å². The second-order valence-electron chi connectivity index (χ2n) is 4.44. The molecule has 0 aliphatic heterocycles. The maximum absolute atomic E-state index is 11.9. The minimum atomic E-state index is -3.89. The molecule has 5 nitrogen and oxygen atoms in total. The van der Waals surface area contributed by atoms with Gasteiger partial charge in [-0.2, -0.15) is 0 Å². The molecule has 8 heteroatoms. The summed E-state index contributed by atoms with van der Waals surface area (Å²) in [5, 5.41) is 2.43. The minimum Gasteiger partial charge on any atom is -0.351 e. The summed E-state index contributed by atoms with van der Waals surface area (Å²) in [6, 6.07) is 4.27. The van der Waals surface area contributed by atoms with Crippen LogP contribution in [0.1, 0.15) is 22.8 Å². The molecule has 2 atom stereocenters. The molecule has 1 aromatic carbocycles. The molecule has 20 heavy (non-hydrogen) atoms. The predicted molar refractivity (Wildman–Crippen MR) is 80.1 cm³/mol. The Balaban J connectivity index is 2.93. The zero-order valence-electron chi connectivity index (χ0n) is 11.3. The summed E-state index contributed by atoms with van der Waals surface area (Å²) in [6.07, 6.45) is 1.56. The molecular formula is C12H16ClNO4S2. The van der Waals surface area contributed by atoms with Crippen molar-refractivity contribution in [3.05, 3.63) is 29.3 Å². The zero-order valence-corrected chi connectivity index (χ0v) is 13.7. The summed E-state index contributed by atoms with van der Waals surface area (Å²) in [6.45, 7) is 3.60. The number of amides is 1. The van der Waals surface area contributed by atoms with Gasteiger partial charge in [0.05, 0.1) is 4.90 Å². The fourth-order valence-corrected chi connectivity index (χ4v) is 3.00. The Hall–Kier alpha value is -0.920. The van der Waals surface area contributed by atoms with Crippen LogP contribution < -0.4 is 5.32 Å². The van der Waals surface area contributed by atoms with Crippen LogP contribution in [0.15, 0.2) is 23.1 Å². The maximum atomic E-state index is 11.9. The molecule has 1 N–H and O–H groups in total. The fraction of sp³-hybridized carbons (Fsp3) is 0.417.